The molecule has 32 nitrogen and oxygen atoms in total. The van der Waals surface area contributed by atoms with Gasteiger partial charge in [-0.3, -0.25) is 0 Å². The number of aliphatic hydroxyl groups is 7. The summed E-state index contributed by atoms with van der Waals surface area (Å²) in [6.07, 6.45) is -2.17. The topological polar surface area (TPSA) is 460 Å². The molecule has 6 unspecified atom stereocenters. The van der Waals surface area contributed by atoms with Crippen molar-refractivity contribution in [3.8, 4) is 115 Å². The Morgan fingerprint density at radius 3 is 1.01 bits per heavy atom. The van der Waals surface area contributed by atoms with Crippen molar-refractivity contribution >= 4 is 0 Å². The molecule has 1 aliphatic carbocycles. The van der Waals surface area contributed by atoms with Crippen molar-refractivity contribution in [2.45, 2.75) is 61.5 Å². The van der Waals surface area contributed by atoms with Crippen molar-refractivity contribution in [3.63, 3.8) is 0 Å². The minimum atomic E-state index is -0.902. The molecular weight excluding hydrogens is 1740 g/mol. The van der Waals surface area contributed by atoms with Crippen molar-refractivity contribution < 1.29 is 157 Å². The van der Waals surface area contributed by atoms with Gasteiger partial charge in [0.1, 0.15) is 0 Å². The molecule has 722 valence electrons. The normalized spacial score (nSPS) is 23.1. The smallest absolute Gasteiger partial charge is 0.161 e. The highest BCUT2D eigenvalue weighted by molar-refractivity contribution is 5.55. The first-order valence-electron chi connectivity index (χ1n) is 43.7. The highest BCUT2D eigenvalue weighted by Crippen LogP contribution is 2.55. The third-order valence-corrected chi connectivity index (χ3v) is 26.2. The highest BCUT2D eigenvalue weighted by Gasteiger charge is 2.50. The third-order valence-electron chi connectivity index (χ3n) is 26.2. The first kappa shape index (κ1) is 101. The van der Waals surface area contributed by atoms with Gasteiger partial charge in [0.25, 0.3) is 0 Å². The lowest BCUT2D eigenvalue weighted by molar-refractivity contribution is 0.0191. The molecule has 5 saturated heterocycles. The summed E-state index contributed by atoms with van der Waals surface area (Å²) in [6.45, 7) is 2.32. The van der Waals surface area contributed by atoms with Gasteiger partial charge in [-0.2, -0.15) is 0 Å². The second kappa shape index (κ2) is 46.6. The van der Waals surface area contributed by atoms with E-state index < -0.39 is 24.4 Å². The largest absolute Gasteiger partial charge is 0.504 e. The number of ether oxygens (including phenoxy) is 17. The Kier molecular flexibility index (Phi) is 35.0. The Balaban J connectivity index is 0.000000151. The molecule has 15 N–H and O–H groups in total. The molecule has 0 radical (unpaired) electrons. The quantitative estimate of drug-likeness (QED) is 0.0207. The zero-order chi connectivity index (χ0) is 96.3. The summed E-state index contributed by atoms with van der Waals surface area (Å²) >= 11 is 0. The molecule has 10 aromatic carbocycles. The molecule has 0 amide bonds. The fraction of sp³-hybridized carbons (Fsp3) is 0.412. The molecule has 0 bridgehead atoms. The maximum absolute atomic E-state index is 10.8. The lowest BCUT2D eigenvalue weighted by Gasteiger charge is -2.38. The number of phenols is 8. The van der Waals surface area contributed by atoms with E-state index in [-0.39, 0.29) is 180 Å². The SMILES string of the molecule is COc1cc(C(O)C2COC(c3ccc(O)c(OC)c3)C2CO)ccc1O.COc1cc(C(O)[C@H]2COC[C@@H]2C(O)c2ccc(O)c(OC)c2)ccc1O.COc1cc(C[C@H]2CO[C@H](c3ccc(O)c(OC)c3)[C@H]2CO)ccc1O.COc1cc([C@H]2c3cc(O)c(OC)cc3C[C@@H](CO)[C@@H]2CO)ccc1O.COc1ccc([C@H]2OC[C@H]3[C@@H]2CO[C@@H]3c2ccc(OC)c(OC)c2)cc1OC. The van der Waals surface area contributed by atoms with Crippen molar-refractivity contribution in [1.29, 1.82) is 0 Å². The highest BCUT2D eigenvalue weighted by atomic mass is 16.5. The van der Waals surface area contributed by atoms with Crippen LogP contribution in [0.25, 0.3) is 0 Å². The second-order valence-electron chi connectivity index (χ2n) is 33.4. The van der Waals surface area contributed by atoms with Crippen LogP contribution in [0.3, 0.4) is 0 Å². The zero-order valence-corrected chi connectivity index (χ0v) is 76.8. The Morgan fingerprint density at radius 1 is 0.276 bits per heavy atom. The van der Waals surface area contributed by atoms with Crippen LogP contribution < -0.4 is 56.8 Å². The van der Waals surface area contributed by atoms with E-state index in [1.54, 1.807) is 138 Å². The molecule has 32 heteroatoms. The molecule has 18 atom stereocenters. The van der Waals surface area contributed by atoms with Crippen LogP contribution in [0.2, 0.25) is 0 Å². The van der Waals surface area contributed by atoms with Gasteiger partial charge < -0.3 is 157 Å². The minimum Gasteiger partial charge on any atom is -0.504 e. The van der Waals surface area contributed by atoms with Crippen LogP contribution in [0.1, 0.15) is 110 Å². The average Bonchev–Trinajstić information content (AvgIpc) is 1.27. The lowest BCUT2D eigenvalue weighted by atomic mass is 9.67. The molecule has 5 fully saturated rings. The summed E-state index contributed by atoms with van der Waals surface area (Å²) in [4.78, 5) is 0. The Bertz CT molecular complexity index is 5300. The van der Waals surface area contributed by atoms with Crippen LogP contribution in [-0.2, 0) is 36.5 Å². The van der Waals surface area contributed by atoms with Gasteiger partial charge in [-0.15, -0.1) is 0 Å². The van der Waals surface area contributed by atoms with Gasteiger partial charge in [-0.25, -0.2) is 0 Å². The van der Waals surface area contributed by atoms with E-state index in [1.165, 1.54) is 81.1 Å². The molecule has 10 aromatic rings. The first-order valence-corrected chi connectivity index (χ1v) is 43.7. The van der Waals surface area contributed by atoms with Gasteiger partial charge >= 0.3 is 0 Å². The predicted molar refractivity (Wildman–Crippen MR) is 489 cm³/mol. The van der Waals surface area contributed by atoms with Crippen LogP contribution in [0, 0.1) is 59.2 Å². The molecule has 5 aliphatic heterocycles. The Morgan fingerprint density at radius 2 is 0.604 bits per heavy atom. The van der Waals surface area contributed by atoms with Gasteiger partial charge in [-0.05, 0) is 213 Å². The summed E-state index contributed by atoms with van der Waals surface area (Å²) < 4.78 is 92.6. The number of fused-ring (bicyclic) bond motifs is 2. The van der Waals surface area contributed by atoms with Crippen LogP contribution in [0.5, 0.6) is 115 Å². The maximum Gasteiger partial charge on any atom is 0.161 e. The van der Waals surface area contributed by atoms with Gasteiger partial charge in [0, 0.05) is 73.8 Å². The van der Waals surface area contributed by atoms with E-state index in [9.17, 15) is 76.6 Å². The van der Waals surface area contributed by atoms with Crippen molar-refractivity contribution in [1.82, 2.24) is 0 Å². The molecule has 134 heavy (non-hydrogen) atoms. The maximum atomic E-state index is 10.8. The van der Waals surface area contributed by atoms with Crippen molar-refractivity contribution in [3.05, 3.63) is 237 Å². The number of hydrogen-bond donors (Lipinski definition) is 15. The lowest BCUT2D eigenvalue weighted by Crippen LogP contribution is -2.35. The fourth-order valence-corrected chi connectivity index (χ4v) is 18.9. The number of phenolic OH excluding ortho intramolecular Hbond substituents is 8. The van der Waals surface area contributed by atoms with Crippen molar-refractivity contribution in [2.24, 2.45) is 59.2 Å². The number of aromatic hydroxyl groups is 8. The minimum absolute atomic E-state index is 0.00621. The Hall–Kier alpha value is -12.3. The summed E-state index contributed by atoms with van der Waals surface area (Å²) in [5.41, 5.74) is 9.18. The number of benzene rings is 10. The molecule has 16 rings (SSSR count). The van der Waals surface area contributed by atoms with Crippen LogP contribution >= 0.6 is 0 Å². The molecule has 0 saturated carbocycles. The van der Waals surface area contributed by atoms with E-state index in [0.29, 0.717) is 114 Å². The average molecular weight is 1860 g/mol. The Labute approximate surface area is 777 Å². The zero-order valence-electron chi connectivity index (χ0n) is 76.8. The van der Waals surface area contributed by atoms with E-state index in [2.05, 4.69) is 0 Å². The predicted octanol–water partition coefficient (Wildman–Crippen LogP) is 12.8. The standard InChI is InChI=1S/C22H26O6.2C20H24O7.2C20H24O6/c1-23-17-7-5-13(9-19(17)25-3)21-15-11-28-22(16(15)12-27-21)14-6-8-18(24-2)20(10-14)26-4;1-25-17-7-11(3-5-15(17)22)19(24)14-10-27-20(13(14)9-21)12-4-6-16(23)18(8-12)26-2;1-25-17-7-11(3-5-15(17)21)19(23)13-9-27-10-14(13)20(24)12-4-6-16(22)18(8-12)26-2;1-24-18-8-12(3-5-16(18)22)7-14-11-26-20(15(14)10-21)13-4-6-17(23)19(9-13)25-2;1-25-18-6-11(3-4-16(18)23)20-14-8-17(24)19(26-2)7-12(14)5-13(9-21)15(20)10-22/h5-10,15-16,21-22H,11-12H2,1-4H3;2*3-8,13-14,19-24H,9-10H2,1-2H3;3-6,8-9,14-15,20-23H,7,10-11H2,1-2H3;3-4,6-8,13,15,20-24H,5,9-10H2,1-2H3/t15-,16-,21+,22+;;13-,14-,19?,20?;14-,15-,20+;13-,15-,20-/m0.000/s1. The van der Waals surface area contributed by atoms with Gasteiger partial charge in [0.05, 0.1) is 168 Å². The summed E-state index contributed by atoms with van der Waals surface area (Å²) in [6, 6.07) is 49.7. The number of rotatable bonds is 29. The molecule has 6 aliphatic rings. The van der Waals surface area contributed by atoms with Crippen LogP contribution in [-0.4, -0.2) is 228 Å². The number of hydrogen-bond acceptors (Lipinski definition) is 32. The van der Waals surface area contributed by atoms with Crippen LogP contribution in [0.15, 0.2) is 176 Å². The van der Waals surface area contributed by atoms with Crippen molar-refractivity contribution in [2.75, 3.05) is 151 Å². The number of aliphatic hydroxyl groups excluding tert-OH is 7. The van der Waals surface area contributed by atoms with E-state index in [0.717, 1.165) is 44.5 Å². The first-order chi connectivity index (χ1) is 64.7. The molecule has 0 aromatic heterocycles. The second-order valence-corrected chi connectivity index (χ2v) is 33.4. The number of methoxy groups -OCH3 is 12. The summed E-state index contributed by atoms with van der Waals surface area (Å²) in [7, 11) is 18.3. The fourth-order valence-electron chi connectivity index (χ4n) is 18.9. The molecule has 0 spiro atoms. The third kappa shape index (κ3) is 22.4. The van der Waals surface area contributed by atoms with Crippen LogP contribution in [0.4, 0.5) is 0 Å². The molecule has 5 heterocycles. The van der Waals surface area contributed by atoms with E-state index >= 15 is 0 Å². The summed E-state index contributed by atoms with van der Waals surface area (Å²) in [5, 5.41) is 151. The van der Waals surface area contributed by atoms with Gasteiger partial charge in [0.2, 0.25) is 0 Å². The molecular formula is C102H122O32. The van der Waals surface area contributed by atoms with E-state index in [1.807, 2.05) is 42.5 Å². The van der Waals surface area contributed by atoms with Gasteiger partial charge in [-0.1, -0.05) is 54.6 Å². The monoisotopic (exact) mass is 1860 g/mol. The van der Waals surface area contributed by atoms with Gasteiger partial charge in [0.15, 0.2) is 115 Å². The van der Waals surface area contributed by atoms with E-state index in [4.69, 9.17) is 80.5 Å². The summed E-state index contributed by atoms with van der Waals surface area (Å²) in [5.74, 6) is 4.33.